The molecule has 0 N–H and O–H groups in total. The van der Waals surface area contributed by atoms with Crippen molar-refractivity contribution in [3.8, 4) is 11.5 Å². The average Bonchev–Trinajstić information content (AvgIpc) is 3.43. The molecule has 1 aliphatic heterocycles. The highest BCUT2D eigenvalue weighted by atomic mass is 16.7. The van der Waals surface area contributed by atoms with Crippen molar-refractivity contribution >= 4 is 11.8 Å². The van der Waals surface area contributed by atoms with Gasteiger partial charge in [-0.05, 0) is 48.0 Å². The standard InChI is InChI=1S/C19H19N5O5/c1-12-5-15(16(25)9-27-19(26)8-23-10-20-21-22-23)13(2)24(12)7-14-3-4-17-18(6-14)29-11-28-17/h3-6,10H,7-9,11H2,1-2H3. The van der Waals surface area contributed by atoms with Crippen molar-refractivity contribution in [3.05, 3.63) is 53.1 Å². The summed E-state index contributed by atoms with van der Waals surface area (Å²) in [6.07, 6.45) is 1.30. The Balaban J connectivity index is 1.42. The molecule has 0 fully saturated rings. The summed E-state index contributed by atoms with van der Waals surface area (Å²) in [4.78, 5) is 24.4. The van der Waals surface area contributed by atoms with Crippen LogP contribution in [-0.2, 0) is 22.6 Å². The largest absolute Gasteiger partial charge is 0.456 e. The molecule has 1 aromatic carbocycles. The van der Waals surface area contributed by atoms with Crippen LogP contribution in [-0.4, -0.2) is 49.9 Å². The predicted octanol–water partition coefficient (Wildman–Crippen LogP) is 1.29. The van der Waals surface area contributed by atoms with Gasteiger partial charge < -0.3 is 18.8 Å². The number of nitrogens with zero attached hydrogens (tertiary/aromatic N) is 5. The molecule has 0 radical (unpaired) electrons. The Morgan fingerprint density at radius 3 is 2.79 bits per heavy atom. The van der Waals surface area contributed by atoms with E-state index in [-0.39, 0.29) is 25.7 Å². The molecular weight excluding hydrogens is 378 g/mol. The third-order valence-electron chi connectivity index (χ3n) is 4.70. The molecule has 3 heterocycles. The van der Waals surface area contributed by atoms with Crippen LogP contribution in [0, 0.1) is 13.8 Å². The van der Waals surface area contributed by atoms with Gasteiger partial charge in [-0.2, -0.15) is 0 Å². The van der Waals surface area contributed by atoms with Gasteiger partial charge in [-0.3, -0.25) is 9.59 Å². The quantitative estimate of drug-likeness (QED) is 0.433. The van der Waals surface area contributed by atoms with Gasteiger partial charge in [-0.1, -0.05) is 6.07 Å². The first-order valence-electron chi connectivity index (χ1n) is 8.96. The Kier molecular flexibility index (Phi) is 4.98. The maximum absolute atomic E-state index is 12.6. The minimum Gasteiger partial charge on any atom is -0.456 e. The van der Waals surface area contributed by atoms with Crippen LogP contribution in [0.2, 0.25) is 0 Å². The van der Waals surface area contributed by atoms with Crippen LogP contribution in [0.25, 0.3) is 0 Å². The van der Waals surface area contributed by atoms with Crippen molar-refractivity contribution in [2.24, 2.45) is 0 Å². The van der Waals surface area contributed by atoms with Gasteiger partial charge in [-0.15, -0.1) is 5.10 Å². The van der Waals surface area contributed by atoms with Crippen molar-refractivity contribution in [1.82, 2.24) is 24.8 Å². The lowest BCUT2D eigenvalue weighted by Crippen LogP contribution is -2.19. The van der Waals surface area contributed by atoms with Crippen molar-refractivity contribution in [1.29, 1.82) is 0 Å². The molecule has 1 aliphatic rings. The Bertz CT molecular complexity index is 1060. The minimum atomic E-state index is -0.584. The van der Waals surface area contributed by atoms with Crippen LogP contribution in [0.15, 0.2) is 30.6 Å². The summed E-state index contributed by atoms with van der Waals surface area (Å²) in [6.45, 7) is 4.13. The topological polar surface area (TPSA) is 110 Å². The van der Waals surface area contributed by atoms with Gasteiger partial charge >= 0.3 is 5.97 Å². The highest BCUT2D eigenvalue weighted by Crippen LogP contribution is 2.33. The first-order valence-corrected chi connectivity index (χ1v) is 8.96. The molecule has 0 aliphatic carbocycles. The van der Waals surface area contributed by atoms with Gasteiger partial charge in [-0.25, -0.2) is 4.68 Å². The Labute approximate surface area is 166 Å². The van der Waals surface area contributed by atoms with Crippen LogP contribution in [0.5, 0.6) is 11.5 Å². The van der Waals surface area contributed by atoms with E-state index in [4.69, 9.17) is 14.2 Å². The number of Topliss-reactive ketones (excluding diaryl/α,β-unsaturated/α-hetero) is 1. The number of tetrazole rings is 1. The van der Waals surface area contributed by atoms with Gasteiger partial charge in [0.2, 0.25) is 12.6 Å². The SMILES string of the molecule is Cc1cc(C(=O)COC(=O)Cn2cnnn2)c(C)n1Cc1ccc2c(c1)OCO2. The zero-order valence-corrected chi connectivity index (χ0v) is 16.0. The minimum absolute atomic E-state index is 0.149. The normalized spacial score (nSPS) is 12.2. The highest BCUT2D eigenvalue weighted by molar-refractivity contribution is 5.99. The number of carbonyl (C=O) groups is 2. The second kappa shape index (κ2) is 7.74. The second-order valence-electron chi connectivity index (χ2n) is 6.65. The Morgan fingerprint density at radius 1 is 1.17 bits per heavy atom. The number of fused-ring (bicyclic) bond motifs is 1. The monoisotopic (exact) mass is 397 g/mol. The van der Waals surface area contributed by atoms with E-state index in [9.17, 15) is 9.59 Å². The van der Waals surface area contributed by atoms with Gasteiger partial charge in [0.1, 0.15) is 12.9 Å². The third-order valence-corrected chi connectivity index (χ3v) is 4.70. The van der Waals surface area contributed by atoms with E-state index < -0.39 is 5.97 Å². The average molecular weight is 397 g/mol. The molecule has 0 unspecified atom stereocenters. The van der Waals surface area contributed by atoms with Crippen LogP contribution >= 0.6 is 0 Å². The molecule has 29 heavy (non-hydrogen) atoms. The van der Waals surface area contributed by atoms with E-state index in [0.717, 1.165) is 28.5 Å². The zero-order valence-electron chi connectivity index (χ0n) is 16.0. The summed E-state index contributed by atoms with van der Waals surface area (Å²) in [5, 5.41) is 10.5. The van der Waals surface area contributed by atoms with Gasteiger partial charge in [0.05, 0.1) is 0 Å². The van der Waals surface area contributed by atoms with E-state index in [1.807, 2.05) is 36.6 Å². The number of benzene rings is 1. The Hall–Kier alpha value is -3.69. The summed E-state index contributed by atoms with van der Waals surface area (Å²) in [7, 11) is 0. The highest BCUT2D eigenvalue weighted by Gasteiger charge is 2.19. The Morgan fingerprint density at radius 2 is 2.00 bits per heavy atom. The van der Waals surface area contributed by atoms with E-state index in [2.05, 4.69) is 15.5 Å². The fourth-order valence-electron chi connectivity index (χ4n) is 3.20. The molecule has 0 saturated carbocycles. The summed E-state index contributed by atoms with van der Waals surface area (Å²) in [5.74, 6) is 0.602. The molecule has 0 saturated heterocycles. The molecule has 4 rings (SSSR count). The summed E-state index contributed by atoms with van der Waals surface area (Å²) in [5.41, 5.74) is 3.30. The molecule has 10 nitrogen and oxygen atoms in total. The number of aryl methyl sites for hydroxylation is 1. The van der Waals surface area contributed by atoms with Crippen molar-refractivity contribution in [2.45, 2.75) is 26.9 Å². The lowest BCUT2D eigenvalue weighted by Gasteiger charge is -2.11. The molecule has 0 amide bonds. The fraction of sp³-hybridized carbons (Fsp3) is 0.316. The van der Waals surface area contributed by atoms with E-state index in [1.165, 1.54) is 11.0 Å². The fourth-order valence-corrected chi connectivity index (χ4v) is 3.20. The first kappa shape index (κ1) is 18.7. The molecular formula is C19H19N5O5. The van der Waals surface area contributed by atoms with Crippen molar-refractivity contribution < 1.29 is 23.8 Å². The predicted molar refractivity (Wildman–Crippen MR) is 98.7 cm³/mol. The molecule has 3 aromatic rings. The molecule has 0 bridgehead atoms. The number of carbonyl (C=O) groups excluding carboxylic acids is 2. The van der Waals surface area contributed by atoms with Crippen LogP contribution in [0.1, 0.15) is 27.3 Å². The van der Waals surface area contributed by atoms with Crippen molar-refractivity contribution in [2.75, 3.05) is 13.4 Å². The van der Waals surface area contributed by atoms with Crippen LogP contribution in [0.4, 0.5) is 0 Å². The maximum Gasteiger partial charge on any atom is 0.328 e. The third kappa shape index (κ3) is 3.96. The molecule has 0 spiro atoms. The van der Waals surface area contributed by atoms with E-state index >= 15 is 0 Å². The molecule has 10 heteroatoms. The lowest BCUT2D eigenvalue weighted by molar-refractivity contribution is -0.143. The van der Waals surface area contributed by atoms with Gasteiger partial charge in [0.15, 0.2) is 18.1 Å². The number of ketones is 1. The molecule has 0 atom stereocenters. The second-order valence-corrected chi connectivity index (χ2v) is 6.65. The molecule has 150 valence electrons. The number of esters is 1. The molecule has 2 aromatic heterocycles. The van der Waals surface area contributed by atoms with Gasteiger partial charge in [0, 0.05) is 23.5 Å². The number of hydrogen-bond acceptors (Lipinski definition) is 8. The summed E-state index contributed by atoms with van der Waals surface area (Å²) < 4.78 is 19.1. The van der Waals surface area contributed by atoms with Gasteiger partial charge in [0.25, 0.3) is 0 Å². The summed E-state index contributed by atoms with van der Waals surface area (Å²) >= 11 is 0. The smallest absolute Gasteiger partial charge is 0.328 e. The maximum atomic E-state index is 12.6. The van der Waals surface area contributed by atoms with E-state index in [1.54, 1.807) is 6.07 Å². The van der Waals surface area contributed by atoms with Crippen LogP contribution in [0.3, 0.4) is 0 Å². The van der Waals surface area contributed by atoms with Crippen molar-refractivity contribution in [3.63, 3.8) is 0 Å². The number of ether oxygens (including phenoxy) is 3. The lowest BCUT2D eigenvalue weighted by atomic mass is 10.1. The number of rotatable bonds is 7. The van der Waals surface area contributed by atoms with Crippen LogP contribution < -0.4 is 9.47 Å². The number of aromatic nitrogens is 5. The van der Waals surface area contributed by atoms with E-state index in [0.29, 0.717) is 12.1 Å². The zero-order chi connectivity index (χ0) is 20.4. The number of hydrogen-bond donors (Lipinski definition) is 0. The first-order chi connectivity index (χ1) is 14.0. The summed E-state index contributed by atoms with van der Waals surface area (Å²) in [6, 6.07) is 7.58.